The van der Waals surface area contributed by atoms with Crippen molar-refractivity contribution in [3.05, 3.63) is 21.9 Å². The highest BCUT2D eigenvalue weighted by Gasteiger charge is 2.23. The Morgan fingerprint density at radius 2 is 1.88 bits per heavy atom. The van der Waals surface area contributed by atoms with Crippen molar-refractivity contribution in [2.45, 2.75) is 38.6 Å². The molecule has 5 heteroatoms. The molecule has 3 nitrogen and oxygen atoms in total. The smallest absolute Gasteiger partial charge is 0.170 e. The molecule has 17 heavy (non-hydrogen) atoms. The summed E-state index contributed by atoms with van der Waals surface area (Å²) < 4.78 is 0. The molecule has 0 spiro atoms. The number of nitrogens with zero attached hydrogens (tertiary/aromatic N) is 3. The lowest BCUT2D eigenvalue weighted by Crippen LogP contribution is -2.38. The fourth-order valence-electron chi connectivity index (χ4n) is 2.28. The van der Waals surface area contributed by atoms with Crippen molar-refractivity contribution in [3.63, 3.8) is 0 Å². The normalized spacial score (nSPS) is 18.9. The summed E-state index contributed by atoms with van der Waals surface area (Å²) in [6, 6.07) is 2.47. The van der Waals surface area contributed by atoms with Gasteiger partial charge in [-0.15, -0.1) is 5.10 Å². The first-order valence-electron chi connectivity index (χ1n) is 6.00. The van der Waals surface area contributed by atoms with Gasteiger partial charge in [-0.3, -0.25) is 0 Å². The lowest BCUT2D eigenvalue weighted by atomic mass is 9.93. The minimum absolute atomic E-state index is 0.287. The van der Waals surface area contributed by atoms with Crippen LogP contribution in [0.4, 0.5) is 0 Å². The Morgan fingerprint density at radius 3 is 2.41 bits per heavy atom. The van der Waals surface area contributed by atoms with Crippen molar-refractivity contribution < 1.29 is 0 Å². The topological polar surface area (TPSA) is 29.0 Å². The monoisotopic (exact) mass is 273 g/mol. The Bertz CT molecular complexity index is 387. The van der Waals surface area contributed by atoms with E-state index < -0.39 is 0 Å². The van der Waals surface area contributed by atoms with Crippen LogP contribution in [0.25, 0.3) is 0 Å². The van der Waals surface area contributed by atoms with Crippen LogP contribution < -0.4 is 0 Å². The maximum atomic E-state index is 5.97. The van der Waals surface area contributed by atoms with Gasteiger partial charge in [-0.05, 0) is 45.8 Å². The standard InChI is InChI=1S/C12H17Cl2N3/c1-8(2)17-5-3-9(4-6-17)11-7-10(13)12(14)16-15-11/h7-9H,3-6H2,1-2H3. The van der Waals surface area contributed by atoms with Gasteiger partial charge in [-0.1, -0.05) is 23.2 Å². The molecular weight excluding hydrogens is 257 g/mol. The lowest BCUT2D eigenvalue weighted by molar-refractivity contribution is 0.170. The average molecular weight is 274 g/mol. The number of aromatic nitrogens is 2. The Labute approximate surface area is 112 Å². The SMILES string of the molecule is CC(C)N1CCC(c2cc(Cl)c(Cl)nn2)CC1. The van der Waals surface area contributed by atoms with E-state index >= 15 is 0 Å². The number of hydrogen-bond acceptors (Lipinski definition) is 3. The largest absolute Gasteiger partial charge is 0.301 e. The second-order valence-electron chi connectivity index (χ2n) is 4.81. The molecule has 0 aromatic carbocycles. The molecule has 0 atom stereocenters. The minimum Gasteiger partial charge on any atom is -0.301 e. The maximum absolute atomic E-state index is 5.97. The Kier molecular flexibility index (Phi) is 4.23. The zero-order valence-electron chi connectivity index (χ0n) is 10.2. The predicted octanol–water partition coefficient (Wildman–Crippen LogP) is 3.37. The van der Waals surface area contributed by atoms with Gasteiger partial charge in [-0.25, -0.2) is 0 Å². The number of hydrogen-bond donors (Lipinski definition) is 0. The third-order valence-electron chi connectivity index (χ3n) is 3.40. The molecule has 0 saturated carbocycles. The number of likely N-dealkylation sites (tertiary alicyclic amines) is 1. The van der Waals surface area contributed by atoms with Gasteiger partial charge in [0.25, 0.3) is 0 Å². The first-order valence-corrected chi connectivity index (χ1v) is 6.76. The molecule has 0 N–H and O–H groups in total. The summed E-state index contributed by atoms with van der Waals surface area (Å²) >= 11 is 11.7. The van der Waals surface area contributed by atoms with Gasteiger partial charge in [0, 0.05) is 12.0 Å². The molecule has 0 amide bonds. The summed E-state index contributed by atoms with van der Waals surface area (Å²) in [5.41, 5.74) is 0.975. The first-order chi connectivity index (χ1) is 8.08. The molecule has 1 aromatic rings. The third kappa shape index (κ3) is 3.09. The number of piperidine rings is 1. The number of halogens is 2. The van der Waals surface area contributed by atoms with Gasteiger partial charge in [0.15, 0.2) is 5.15 Å². The summed E-state index contributed by atoms with van der Waals surface area (Å²) in [7, 11) is 0. The van der Waals surface area contributed by atoms with Crippen molar-refractivity contribution in [2.75, 3.05) is 13.1 Å². The summed E-state index contributed by atoms with van der Waals surface area (Å²) in [4.78, 5) is 2.49. The fraction of sp³-hybridized carbons (Fsp3) is 0.667. The van der Waals surface area contributed by atoms with E-state index in [4.69, 9.17) is 23.2 Å². The van der Waals surface area contributed by atoms with Crippen LogP contribution >= 0.6 is 23.2 Å². The maximum Gasteiger partial charge on any atom is 0.170 e. The van der Waals surface area contributed by atoms with Gasteiger partial charge in [0.1, 0.15) is 0 Å². The molecule has 0 radical (unpaired) electrons. The quantitative estimate of drug-likeness (QED) is 0.828. The zero-order valence-corrected chi connectivity index (χ0v) is 11.7. The van der Waals surface area contributed by atoms with Crippen LogP contribution in [-0.2, 0) is 0 Å². The van der Waals surface area contributed by atoms with E-state index in [1.807, 2.05) is 6.07 Å². The van der Waals surface area contributed by atoms with Crippen LogP contribution in [0.1, 0.15) is 38.3 Å². The van der Waals surface area contributed by atoms with Crippen molar-refractivity contribution in [1.29, 1.82) is 0 Å². The molecule has 94 valence electrons. The second-order valence-corrected chi connectivity index (χ2v) is 5.58. The summed E-state index contributed by atoms with van der Waals surface area (Å²) in [5.74, 6) is 0.465. The van der Waals surface area contributed by atoms with Crippen molar-refractivity contribution >= 4 is 23.2 Å². The lowest BCUT2D eigenvalue weighted by Gasteiger charge is -2.34. The van der Waals surface area contributed by atoms with E-state index in [0.717, 1.165) is 31.6 Å². The van der Waals surface area contributed by atoms with Crippen LogP contribution in [-0.4, -0.2) is 34.2 Å². The van der Waals surface area contributed by atoms with Crippen LogP contribution in [0.2, 0.25) is 10.2 Å². The van der Waals surface area contributed by atoms with Crippen LogP contribution in [0.3, 0.4) is 0 Å². The predicted molar refractivity (Wildman–Crippen MR) is 70.7 cm³/mol. The van der Waals surface area contributed by atoms with Crippen LogP contribution in [0, 0.1) is 0 Å². The Morgan fingerprint density at radius 1 is 1.24 bits per heavy atom. The second kappa shape index (κ2) is 5.51. The van der Waals surface area contributed by atoms with Crippen molar-refractivity contribution in [3.8, 4) is 0 Å². The molecule has 1 aliphatic heterocycles. The van der Waals surface area contributed by atoms with Gasteiger partial charge >= 0.3 is 0 Å². The van der Waals surface area contributed by atoms with Crippen LogP contribution in [0.15, 0.2) is 6.07 Å². The third-order valence-corrected chi connectivity index (χ3v) is 4.07. The molecule has 1 aromatic heterocycles. The summed E-state index contributed by atoms with van der Waals surface area (Å²) in [5, 5.41) is 8.82. The van der Waals surface area contributed by atoms with Gasteiger partial charge < -0.3 is 4.90 Å². The van der Waals surface area contributed by atoms with E-state index in [1.165, 1.54) is 0 Å². The van der Waals surface area contributed by atoms with E-state index in [1.54, 1.807) is 0 Å². The first kappa shape index (κ1) is 13.1. The van der Waals surface area contributed by atoms with Crippen molar-refractivity contribution in [1.82, 2.24) is 15.1 Å². The molecule has 0 bridgehead atoms. The Balaban J connectivity index is 2.03. The summed E-state index contributed by atoms with van der Waals surface area (Å²) in [6.07, 6.45) is 2.23. The molecule has 2 rings (SSSR count). The van der Waals surface area contributed by atoms with Gasteiger partial charge in [0.05, 0.1) is 10.7 Å². The highest BCUT2D eigenvalue weighted by molar-refractivity contribution is 6.41. The van der Waals surface area contributed by atoms with E-state index in [9.17, 15) is 0 Å². The fourth-order valence-corrected chi connectivity index (χ4v) is 2.52. The highest BCUT2D eigenvalue weighted by atomic mass is 35.5. The van der Waals surface area contributed by atoms with E-state index in [0.29, 0.717) is 17.0 Å². The summed E-state index contributed by atoms with van der Waals surface area (Å²) in [6.45, 7) is 6.70. The minimum atomic E-state index is 0.287. The molecule has 0 aliphatic carbocycles. The molecule has 1 fully saturated rings. The molecule has 1 saturated heterocycles. The van der Waals surface area contributed by atoms with Gasteiger partial charge in [0.2, 0.25) is 0 Å². The molecular formula is C12H17Cl2N3. The van der Waals surface area contributed by atoms with E-state index in [2.05, 4.69) is 28.9 Å². The van der Waals surface area contributed by atoms with Gasteiger partial charge in [-0.2, -0.15) is 5.10 Å². The molecule has 2 heterocycles. The van der Waals surface area contributed by atoms with E-state index in [-0.39, 0.29) is 5.15 Å². The van der Waals surface area contributed by atoms with Crippen LogP contribution in [0.5, 0.6) is 0 Å². The average Bonchev–Trinajstić information content (AvgIpc) is 2.33. The van der Waals surface area contributed by atoms with Crippen molar-refractivity contribution in [2.24, 2.45) is 0 Å². The zero-order chi connectivity index (χ0) is 12.4. The molecule has 0 unspecified atom stereocenters. The Hall–Kier alpha value is -0.380. The molecule has 1 aliphatic rings. The highest BCUT2D eigenvalue weighted by Crippen LogP contribution is 2.29. The number of rotatable bonds is 2.